The minimum absolute atomic E-state index is 0.118. The molecule has 0 aliphatic rings. The molecule has 2 aromatic carbocycles. The Balaban J connectivity index is 1.72. The number of tetrazole rings is 1. The molecule has 10 heteroatoms. The van der Waals surface area contributed by atoms with Gasteiger partial charge in [-0.05, 0) is 65.4 Å². The number of hydrogen-bond acceptors (Lipinski definition) is 7. The maximum Gasteiger partial charge on any atom is 0.327 e. The molecule has 0 aliphatic carbocycles. The molecule has 0 saturated heterocycles. The van der Waals surface area contributed by atoms with Gasteiger partial charge in [-0.25, -0.2) is 9.07 Å². The van der Waals surface area contributed by atoms with Crippen molar-refractivity contribution in [2.45, 2.75) is 52.9 Å². The SMILES string of the molecule is CCOC(=O)Cn1nnnc1[C@H](CC)N(Cc1ccc(F)cc1)Cc1cc2cccc(C)c2[nH]c1=O. The van der Waals surface area contributed by atoms with E-state index in [2.05, 4.69) is 25.4 Å². The largest absolute Gasteiger partial charge is 0.465 e. The predicted octanol–water partition coefficient (Wildman–Crippen LogP) is 3.68. The molecule has 0 fully saturated rings. The molecule has 1 atom stereocenters. The molecule has 188 valence electrons. The molecule has 0 saturated carbocycles. The van der Waals surface area contributed by atoms with Crippen molar-refractivity contribution in [3.05, 3.63) is 87.2 Å². The minimum Gasteiger partial charge on any atom is -0.465 e. The topological polar surface area (TPSA) is 106 Å². The first-order valence-electron chi connectivity index (χ1n) is 11.9. The van der Waals surface area contributed by atoms with Gasteiger partial charge in [0.05, 0.1) is 18.2 Å². The molecule has 4 rings (SSSR count). The standard InChI is InChI=1S/C26H29FN6O3/c1-4-22(25-29-30-31-33(25)16-23(34)36-5-2)32(14-18-9-11-21(27)12-10-18)15-20-13-19-8-6-7-17(3)24(19)28-26(20)35/h6-13,22H,4-5,14-16H2,1-3H3,(H,28,35)/t22-/m0/s1. The number of benzene rings is 2. The van der Waals surface area contributed by atoms with E-state index in [-0.39, 0.29) is 30.6 Å². The molecule has 1 N–H and O–H groups in total. The molecule has 36 heavy (non-hydrogen) atoms. The van der Waals surface area contributed by atoms with Crippen LogP contribution in [-0.2, 0) is 29.2 Å². The second-order valence-electron chi connectivity index (χ2n) is 8.62. The molecule has 0 bridgehead atoms. The van der Waals surface area contributed by atoms with Crippen LogP contribution in [0.4, 0.5) is 4.39 Å². The van der Waals surface area contributed by atoms with Crippen LogP contribution in [0, 0.1) is 12.7 Å². The summed E-state index contributed by atoms with van der Waals surface area (Å²) in [6, 6.07) is 13.7. The van der Waals surface area contributed by atoms with Gasteiger partial charge in [0.1, 0.15) is 12.4 Å². The summed E-state index contributed by atoms with van der Waals surface area (Å²) < 4.78 is 20.0. The first kappa shape index (κ1) is 25.2. The zero-order chi connectivity index (χ0) is 25.7. The summed E-state index contributed by atoms with van der Waals surface area (Å²) in [5.41, 5.74) is 3.07. The van der Waals surface area contributed by atoms with Crippen molar-refractivity contribution in [3.8, 4) is 0 Å². The lowest BCUT2D eigenvalue weighted by Crippen LogP contribution is -2.33. The van der Waals surface area contributed by atoms with Crippen molar-refractivity contribution in [2.75, 3.05) is 6.61 Å². The maximum absolute atomic E-state index is 13.6. The lowest BCUT2D eigenvalue weighted by molar-refractivity contribution is -0.144. The second kappa shape index (κ2) is 11.2. The van der Waals surface area contributed by atoms with E-state index >= 15 is 0 Å². The number of ether oxygens (including phenoxy) is 1. The number of aryl methyl sites for hydroxylation is 1. The monoisotopic (exact) mass is 492 g/mol. The number of H-pyrrole nitrogens is 1. The van der Waals surface area contributed by atoms with Gasteiger partial charge in [0.15, 0.2) is 5.82 Å². The Morgan fingerprint density at radius 3 is 2.67 bits per heavy atom. The second-order valence-corrected chi connectivity index (χ2v) is 8.62. The van der Waals surface area contributed by atoms with Gasteiger partial charge in [0.2, 0.25) is 0 Å². The summed E-state index contributed by atoms with van der Waals surface area (Å²) in [7, 11) is 0. The third kappa shape index (κ3) is 5.65. The Hall–Kier alpha value is -3.92. The van der Waals surface area contributed by atoms with Gasteiger partial charge in [-0.1, -0.05) is 37.3 Å². The highest BCUT2D eigenvalue weighted by Gasteiger charge is 2.27. The number of carbonyl (C=O) groups is 1. The highest BCUT2D eigenvalue weighted by Crippen LogP contribution is 2.27. The number of pyridine rings is 1. The van der Waals surface area contributed by atoms with Crippen LogP contribution < -0.4 is 5.56 Å². The third-order valence-electron chi connectivity index (χ3n) is 6.11. The van der Waals surface area contributed by atoms with Crippen molar-refractivity contribution in [3.63, 3.8) is 0 Å². The molecule has 2 aromatic heterocycles. The van der Waals surface area contributed by atoms with Crippen molar-refractivity contribution < 1.29 is 13.9 Å². The molecular formula is C26H29FN6O3. The van der Waals surface area contributed by atoms with Crippen molar-refractivity contribution in [1.82, 2.24) is 30.1 Å². The lowest BCUT2D eigenvalue weighted by Gasteiger charge is -2.30. The normalized spacial score (nSPS) is 12.2. The molecule has 9 nitrogen and oxygen atoms in total. The van der Waals surface area contributed by atoms with Gasteiger partial charge in [-0.15, -0.1) is 5.10 Å². The number of fused-ring (bicyclic) bond motifs is 1. The number of aromatic nitrogens is 5. The van der Waals surface area contributed by atoms with Crippen molar-refractivity contribution in [1.29, 1.82) is 0 Å². The predicted molar refractivity (Wildman–Crippen MR) is 132 cm³/mol. The van der Waals surface area contributed by atoms with Gasteiger partial charge in [-0.3, -0.25) is 14.5 Å². The number of nitrogens with one attached hydrogen (secondary N) is 1. The summed E-state index contributed by atoms with van der Waals surface area (Å²) >= 11 is 0. The Morgan fingerprint density at radius 2 is 1.94 bits per heavy atom. The quantitative estimate of drug-likeness (QED) is 0.337. The Kier molecular flexibility index (Phi) is 7.84. The lowest BCUT2D eigenvalue weighted by atomic mass is 10.1. The van der Waals surface area contributed by atoms with Gasteiger partial charge in [0.25, 0.3) is 5.56 Å². The number of carbonyl (C=O) groups excluding carboxylic acids is 1. The number of aromatic amines is 1. The molecule has 4 aromatic rings. The van der Waals surface area contributed by atoms with Crippen LogP contribution >= 0.6 is 0 Å². The number of esters is 1. The van der Waals surface area contributed by atoms with Crippen LogP contribution in [0.5, 0.6) is 0 Å². The van der Waals surface area contributed by atoms with Crippen molar-refractivity contribution in [2.24, 2.45) is 0 Å². The average molecular weight is 493 g/mol. The molecular weight excluding hydrogens is 463 g/mol. The number of para-hydroxylation sites is 1. The van der Waals surface area contributed by atoms with E-state index in [1.165, 1.54) is 16.8 Å². The van der Waals surface area contributed by atoms with Crippen LogP contribution in [0.25, 0.3) is 10.9 Å². The van der Waals surface area contributed by atoms with Gasteiger partial charge in [-0.2, -0.15) is 0 Å². The Labute approximate surface area is 207 Å². The molecule has 0 amide bonds. The average Bonchev–Trinajstić information content (AvgIpc) is 3.29. The van der Waals surface area contributed by atoms with E-state index in [1.807, 2.05) is 38.1 Å². The number of rotatable bonds is 10. The zero-order valence-corrected chi connectivity index (χ0v) is 20.6. The van der Waals surface area contributed by atoms with Crippen LogP contribution in [0.1, 0.15) is 48.8 Å². The molecule has 0 spiro atoms. The van der Waals surface area contributed by atoms with Crippen LogP contribution in [-0.4, -0.2) is 42.7 Å². The highest BCUT2D eigenvalue weighted by atomic mass is 19.1. The van der Waals surface area contributed by atoms with E-state index in [1.54, 1.807) is 19.1 Å². The first-order valence-corrected chi connectivity index (χ1v) is 11.9. The van der Waals surface area contributed by atoms with E-state index in [0.717, 1.165) is 22.0 Å². The Morgan fingerprint density at radius 1 is 1.17 bits per heavy atom. The molecule has 2 heterocycles. The molecule has 0 unspecified atom stereocenters. The third-order valence-corrected chi connectivity index (χ3v) is 6.11. The van der Waals surface area contributed by atoms with E-state index in [9.17, 15) is 14.0 Å². The maximum atomic E-state index is 13.6. The molecule has 0 aliphatic heterocycles. The fraction of sp³-hybridized carbons (Fsp3) is 0.346. The van der Waals surface area contributed by atoms with Crippen LogP contribution in [0.15, 0.2) is 53.3 Å². The summed E-state index contributed by atoms with van der Waals surface area (Å²) in [5, 5.41) is 12.9. The number of nitrogens with zero attached hydrogens (tertiary/aromatic N) is 5. The van der Waals surface area contributed by atoms with E-state index in [0.29, 0.717) is 30.9 Å². The zero-order valence-electron chi connectivity index (χ0n) is 20.6. The summed E-state index contributed by atoms with van der Waals surface area (Å²) in [6.07, 6.45) is 0.606. The van der Waals surface area contributed by atoms with E-state index < -0.39 is 5.97 Å². The van der Waals surface area contributed by atoms with Crippen molar-refractivity contribution >= 4 is 16.9 Å². The number of halogens is 1. The summed E-state index contributed by atoms with van der Waals surface area (Å²) in [4.78, 5) is 30.3. The summed E-state index contributed by atoms with van der Waals surface area (Å²) in [6.45, 7) is 6.52. The van der Waals surface area contributed by atoms with Gasteiger partial charge in [0, 0.05) is 18.7 Å². The Bertz CT molecular complexity index is 1400. The smallest absolute Gasteiger partial charge is 0.327 e. The van der Waals surface area contributed by atoms with Crippen LogP contribution in [0.3, 0.4) is 0 Å². The fourth-order valence-corrected chi connectivity index (χ4v) is 4.36. The van der Waals surface area contributed by atoms with Gasteiger partial charge >= 0.3 is 5.97 Å². The molecule has 0 radical (unpaired) electrons. The number of hydrogen-bond donors (Lipinski definition) is 1. The van der Waals surface area contributed by atoms with E-state index in [4.69, 9.17) is 4.74 Å². The van der Waals surface area contributed by atoms with Crippen LogP contribution in [0.2, 0.25) is 0 Å². The summed E-state index contributed by atoms with van der Waals surface area (Å²) in [5.74, 6) is -0.273. The highest BCUT2D eigenvalue weighted by molar-refractivity contribution is 5.81. The van der Waals surface area contributed by atoms with Gasteiger partial charge < -0.3 is 9.72 Å². The fourth-order valence-electron chi connectivity index (χ4n) is 4.36. The minimum atomic E-state index is -0.438. The first-order chi connectivity index (χ1) is 17.4.